The lowest BCUT2D eigenvalue weighted by Gasteiger charge is -2.14. The highest BCUT2D eigenvalue weighted by atomic mass is 19.2. The van der Waals surface area contributed by atoms with Crippen LogP contribution in [0.15, 0.2) is 12.1 Å². The number of hydrogen-bond acceptors (Lipinski definition) is 0. The highest BCUT2D eigenvalue weighted by Crippen LogP contribution is 2.41. The molecule has 1 aromatic rings. The summed E-state index contributed by atoms with van der Waals surface area (Å²) < 4.78 is 28.3. The van der Waals surface area contributed by atoms with E-state index in [1.165, 1.54) is 25.7 Å². The van der Waals surface area contributed by atoms with Crippen molar-refractivity contribution in [1.82, 2.24) is 0 Å². The normalized spacial score (nSPS) is 22.4. The molecule has 20 heavy (non-hydrogen) atoms. The van der Waals surface area contributed by atoms with E-state index >= 15 is 0 Å². The molecule has 1 saturated carbocycles. The smallest absolute Gasteiger partial charge is 0.162 e. The van der Waals surface area contributed by atoms with E-state index in [9.17, 15) is 8.78 Å². The monoisotopic (exact) mass is 280 g/mol. The first-order valence-electron chi connectivity index (χ1n) is 8.14. The van der Waals surface area contributed by atoms with E-state index < -0.39 is 11.6 Å². The van der Waals surface area contributed by atoms with Gasteiger partial charge in [0.1, 0.15) is 0 Å². The summed E-state index contributed by atoms with van der Waals surface area (Å²) in [5, 5.41) is 0. The molecule has 0 heterocycles. The lowest BCUT2D eigenvalue weighted by atomic mass is 9.92. The Morgan fingerprint density at radius 1 is 1.05 bits per heavy atom. The van der Waals surface area contributed by atoms with Crippen LogP contribution in [-0.4, -0.2) is 0 Å². The van der Waals surface area contributed by atoms with Crippen molar-refractivity contribution < 1.29 is 8.78 Å². The summed E-state index contributed by atoms with van der Waals surface area (Å²) >= 11 is 0. The van der Waals surface area contributed by atoms with Crippen LogP contribution in [-0.2, 0) is 6.42 Å². The topological polar surface area (TPSA) is 0 Å². The quantitative estimate of drug-likeness (QED) is 0.600. The maximum absolute atomic E-state index is 14.2. The van der Waals surface area contributed by atoms with Gasteiger partial charge in [-0.05, 0) is 48.6 Å². The molecule has 0 aromatic heterocycles. The molecule has 0 aliphatic heterocycles. The molecule has 112 valence electrons. The standard InChI is InChI=1S/C18H26F2/c1-3-5-7-13-8-9-15(12-13)16-11-10-14(6-4-2)17(19)18(16)20/h10-11,13,15H,3-9,12H2,1-2H3. The summed E-state index contributed by atoms with van der Waals surface area (Å²) in [5.74, 6) is -0.266. The predicted octanol–water partition coefficient (Wildman–Crippen LogP) is 5.99. The highest BCUT2D eigenvalue weighted by Gasteiger charge is 2.28. The third kappa shape index (κ3) is 3.39. The molecule has 0 nitrogen and oxygen atoms in total. The Kier molecular flexibility index (Phi) is 5.56. The molecule has 2 heteroatoms. The third-order valence-electron chi connectivity index (χ3n) is 4.66. The minimum Gasteiger partial charge on any atom is -0.203 e. The van der Waals surface area contributed by atoms with Crippen LogP contribution < -0.4 is 0 Å². The fraction of sp³-hybridized carbons (Fsp3) is 0.667. The SMILES string of the molecule is CCCCC1CCC(c2ccc(CCC)c(F)c2F)C1. The fourth-order valence-corrected chi connectivity index (χ4v) is 3.49. The minimum absolute atomic E-state index is 0.224. The molecule has 2 rings (SSSR count). The largest absolute Gasteiger partial charge is 0.203 e. The Morgan fingerprint density at radius 2 is 1.85 bits per heavy atom. The van der Waals surface area contributed by atoms with Crippen LogP contribution in [0.25, 0.3) is 0 Å². The maximum Gasteiger partial charge on any atom is 0.162 e. The second-order valence-corrected chi connectivity index (χ2v) is 6.21. The Balaban J connectivity index is 2.08. The number of aryl methyl sites for hydroxylation is 1. The van der Waals surface area contributed by atoms with Gasteiger partial charge >= 0.3 is 0 Å². The molecule has 0 bridgehead atoms. The zero-order valence-corrected chi connectivity index (χ0v) is 12.7. The van der Waals surface area contributed by atoms with Crippen LogP contribution in [0.4, 0.5) is 8.78 Å². The van der Waals surface area contributed by atoms with Crippen LogP contribution in [0.1, 0.15) is 75.8 Å². The van der Waals surface area contributed by atoms with Crippen molar-refractivity contribution in [3.63, 3.8) is 0 Å². The summed E-state index contributed by atoms with van der Waals surface area (Å²) in [6, 6.07) is 3.62. The van der Waals surface area contributed by atoms with E-state index in [1.54, 1.807) is 6.07 Å². The summed E-state index contributed by atoms with van der Waals surface area (Å²) in [4.78, 5) is 0. The molecule has 1 fully saturated rings. The first-order valence-corrected chi connectivity index (χ1v) is 8.14. The van der Waals surface area contributed by atoms with Gasteiger partial charge in [0.2, 0.25) is 0 Å². The van der Waals surface area contributed by atoms with Crippen molar-refractivity contribution in [2.45, 2.75) is 71.1 Å². The van der Waals surface area contributed by atoms with Crippen LogP contribution in [0, 0.1) is 17.6 Å². The first-order chi connectivity index (χ1) is 9.67. The Morgan fingerprint density at radius 3 is 2.55 bits per heavy atom. The predicted molar refractivity (Wildman–Crippen MR) is 80.0 cm³/mol. The van der Waals surface area contributed by atoms with Gasteiger partial charge in [0, 0.05) is 0 Å². The number of unbranched alkanes of at least 4 members (excludes halogenated alkanes) is 1. The third-order valence-corrected chi connectivity index (χ3v) is 4.66. The first kappa shape index (κ1) is 15.5. The van der Waals surface area contributed by atoms with E-state index in [2.05, 4.69) is 6.92 Å². The van der Waals surface area contributed by atoms with Gasteiger partial charge in [0.15, 0.2) is 11.6 Å². The van der Waals surface area contributed by atoms with Crippen LogP contribution in [0.3, 0.4) is 0 Å². The van der Waals surface area contributed by atoms with Gasteiger partial charge in [-0.15, -0.1) is 0 Å². The zero-order valence-electron chi connectivity index (χ0n) is 12.7. The minimum atomic E-state index is -0.610. The lowest BCUT2D eigenvalue weighted by Crippen LogP contribution is -2.04. The number of benzene rings is 1. The van der Waals surface area contributed by atoms with Gasteiger partial charge < -0.3 is 0 Å². The lowest BCUT2D eigenvalue weighted by molar-refractivity contribution is 0.459. The van der Waals surface area contributed by atoms with Crippen molar-refractivity contribution in [1.29, 1.82) is 0 Å². The van der Waals surface area contributed by atoms with E-state index in [4.69, 9.17) is 0 Å². The molecule has 2 unspecified atom stereocenters. The van der Waals surface area contributed by atoms with E-state index in [1.807, 2.05) is 13.0 Å². The van der Waals surface area contributed by atoms with Crippen molar-refractivity contribution in [2.24, 2.45) is 5.92 Å². The average molecular weight is 280 g/mol. The summed E-state index contributed by atoms with van der Waals surface area (Å²) in [7, 11) is 0. The number of halogens is 2. The zero-order chi connectivity index (χ0) is 14.5. The maximum atomic E-state index is 14.2. The van der Waals surface area contributed by atoms with Crippen LogP contribution in [0.2, 0.25) is 0 Å². The molecular formula is C18H26F2. The van der Waals surface area contributed by atoms with E-state index in [0.717, 1.165) is 19.3 Å². The molecule has 0 spiro atoms. The van der Waals surface area contributed by atoms with Gasteiger partial charge in [-0.2, -0.15) is 0 Å². The second kappa shape index (κ2) is 7.19. The molecule has 0 saturated heterocycles. The Bertz CT molecular complexity index is 439. The highest BCUT2D eigenvalue weighted by molar-refractivity contribution is 5.29. The van der Waals surface area contributed by atoms with Crippen molar-refractivity contribution in [3.05, 3.63) is 34.9 Å². The Labute approximate surface area is 121 Å². The summed E-state index contributed by atoms with van der Waals surface area (Å²) in [6.07, 6.45) is 8.39. The molecule has 1 aliphatic carbocycles. The average Bonchev–Trinajstić information content (AvgIpc) is 2.90. The molecule has 0 radical (unpaired) electrons. The number of hydrogen-bond donors (Lipinski definition) is 0. The van der Waals surface area contributed by atoms with Crippen LogP contribution >= 0.6 is 0 Å². The van der Waals surface area contributed by atoms with Crippen molar-refractivity contribution >= 4 is 0 Å². The summed E-state index contributed by atoms with van der Waals surface area (Å²) in [5.41, 5.74) is 1.13. The molecular weight excluding hydrogens is 254 g/mol. The van der Waals surface area contributed by atoms with Gasteiger partial charge in [-0.3, -0.25) is 0 Å². The molecule has 0 amide bonds. The van der Waals surface area contributed by atoms with E-state index in [0.29, 0.717) is 23.5 Å². The van der Waals surface area contributed by atoms with Gasteiger partial charge in [0.05, 0.1) is 0 Å². The van der Waals surface area contributed by atoms with Crippen molar-refractivity contribution in [3.8, 4) is 0 Å². The molecule has 1 aromatic carbocycles. The van der Waals surface area contributed by atoms with Gasteiger partial charge in [-0.25, -0.2) is 8.78 Å². The van der Waals surface area contributed by atoms with E-state index in [-0.39, 0.29) is 5.92 Å². The fourth-order valence-electron chi connectivity index (χ4n) is 3.49. The molecule has 0 N–H and O–H groups in total. The second-order valence-electron chi connectivity index (χ2n) is 6.21. The van der Waals surface area contributed by atoms with Gasteiger partial charge in [0.25, 0.3) is 0 Å². The van der Waals surface area contributed by atoms with Crippen LogP contribution in [0.5, 0.6) is 0 Å². The molecule has 1 aliphatic rings. The molecule has 2 atom stereocenters. The summed E-state index contributed by atoms with van der Waals surface area (Å²) in [6.45, 7) is 4.19. The van der Waals surface area contributed by atoms with Gasteiger partial charge in [-0.1, -0.05) is 51.7 Å². The van der Waals surface area contributed by atoms with Crippen molar-refractivity contribution in [2.75, 3.05) is 0 Å². The Hall–Kier alpha value is -0.920. The number of rotatable bonds is 6.